The molecule has 0 spiro atoms. The summed E-state index contributed by atoms with van der Waals surface area (Å²) >= 11 is 0. The second-order valence-corrected chi connectivity index (χ2v) is 5.91. The van der Waals surface area contributed by atoms with E-state index in [9.17, 15) is 5.11 Å². The van der Waals surface area contributed by atoms with E-state index in [1.54, 1.807) is 0 Å². The van der Waals surface area contributed by atoms with Gasteiger partial charge in [-0.3, -0.25) is 0 Å². The van der Waals surface area contributed by atoms with E-state index in [1.807, 2.05) is 0 Å². The van der Waals surface area contributed by atoms with Crippen LogP contribution >= 0.6 is 0 Å². The highest BCUT2D eigenvalue weighted by molar-refractivity contribution is 4.48. The lowest BCUT2D eigenvalue weighted by Gasteiger charge is -2.04. The van der Waals surface area contributed by atoms with Crippen LogP contribution in [-0.4, -0.2) is 19.8 Å². The zero-order valence-electron chi connectivity index (χ0n) is 13.8. The molecular formula is C18H37O2. The molecule has 0 saturated carbocycles. The third-order valence-corrected chi connectivity index (χ3v) is 3.83. The zero-order chi connectivity index (χ0) is 14.7. The summed E-state index contributed by atoms with van der Waals surface area (Å²) in [5.41, 5.74) is 0. The van der Waals surface area contributed by atoms with Crippen molar-refractivity contribution in [1.82, 2.24) is 0 Å². The maximum atomic E-state index is 10.3. The smallest absolute Gasteiger partial charge is 0.0822 e. The molecule has 2 heteroatoms. The number of hydrogen-bond acceptors (Lipinski definition) is 1. The minimum absolute atomic E-state index is 0.113. The summed E-state index contributed by atoms with van der Waals surface area (Å²) < 4.78 is 5.61. The molecule has 0 fully saturated rings. The van der Waals surface area contributed by atoms with Crippen molar-refractivity contribution in [3.8, 4) is 0 Å². The largest absolute Gasteiger partial charge is 0.381 e. The summed E-state index contributed by atoms with van der Waals surface area (Å²) in [7, 11) is 0. The van der Waals surface area contributed by atoms with E-state index in [4.69, 9.17) is 4.74 Å². The molecule has 0 aromatic rings. The monoisotopic (exact) mass is 285 g/mol. The fraction of sp³-hybridized carbons (Fsp3) is 1.00. The molecule has 20 heavy (non-hydrogen) atoms. The maximum absolute atomic E-state index is 10.3. The summed E-state index contributed by atoms with van der Waals surface area (Å²) in [5, 5.41) is 10.3. The van der Waals surface area contributed by atoms with E-state index in [0.717, 1.165) is 26.1 Å². The fourth-order valence-corrected chi connectivity index (χ4v) is 2.45. The first-order chi connectivity index (χ1) is 9.91. The van der Waals surface area contributed by atoms with Gasteiger partial charge in [-0.2, -0.15) is 0 Å². The van der Waals surface area contributed by atoms with E-state index in [0.29, 0.717) is 0 Å². The molecule has 0 N–H and O–H groups in total. The highest BCUT2D eigenvalue weighted by Gasteiger charge is 1.94. The van der Waals surface area contributed by atoms with E-state index in [2.05, 4.69) is 6.92 Å². The minimum atomic E-state index is 0.113. The summed E-state index contributed by atoms with van der Waals surface area (Å²) in [6.45, 7) is 4.26. The highest BCUT2D eigenvalue weighted by Crippen LogP contribution is 2.11. The number of ether oxygens (including phenoxy) is 1. The van der Waals surface area contributed by atoms with Gasteiger partial charge >= 0.3 is 0 Å². The molecule has 0 aliphatic rings. The molecule has 0 bridgehead atoms. The lowest BCUT2D eigenvalue weighted by atomic mass is 10.1. The van der Waals surface area contributed by atoms with Crippen molar-refractivity contribution in [1.29, 1.82) is 0 Å². The van der Waals surface area contributed by atoms with E-state index in [-0.39, 0.29) is 6.61 Å². The first-order valence-corrected chi connectivity index (χ1v) is 9.07. The maximum Gasteiger partial charge on any atom is 0.0822 e. The fourth-order valence-electron chi connectivity index (χ4n) is 2.45. The molecule has 121 valence electrons. The molecule has 0 atom stereocenters. The van der Waals surface area contributed by atoms with Gasteiger partial charge in [-0.1, -0.05) is 77.6 Å². The molecule has 0 saturated heterocycles. The van der Waals surface area contributed by atoms with Gasteiger partial charge in [0.15, 0.2) is 0 Å². The van der Waals surface area contributed by atoms with Crippen LogP contribution in [0.1, 0.15) is 96.8 Å². The Morgan fingerprint density at radius 1 is 0.550 bits per heavy atom. The predicted molar refractivity (Wildman–Crippen MR) is 86.7 cm³/mol. The lowest BCUT2D eigenvalue weighted by molar-refractivity contribution is 0.126. The van der Waals surface area contributed by atoms with Crippen molar-refractivity contribution in [2.24, 2.45) is 0 Å². The average Bonchev–Trinajstić information content (AvgIpc) is 2.47. The molecule has 0 aliphatic carbocycles. The van der Waals surface area contributed by atoms with Gasteiger partial charge < -0.3 is 4.74 Å². The van der Waals surface area contributed by atoms with Gasteiger partial charge in [-0.25, -0.2) is 5.11 Å². The van der Waals surface area contributed by atoms with Crippen LogP contribution in [0.5, 0.6) is 0 Å². The zero-order valence-corrected chi connectivity index (χ0v) is 13.8. The molecule has 1 radical (unpaired) electrons. The molecule has 2 nitrogen and oxygen atoms in total. The third kappa shape index (κ3) is 17.9. The van der Waals surface area contributed by atoms with Crippen LogP contribution in [0.25, 0.3) is 0 Å². The summed E-state index contributed by atoms with van der Waals surface area (Å²) in [5.74, 6) is 0. The van der Waals surface area contributed by atoms with Gasteiger partial charge in [-0.15, -0.1) is 0 Å². The Morgan fingerprint density at radius 3 is 1.40 bits per heavy atom. The molecular weight excluding hydrogens is 248 g/mol. The Hall–Kier alpha value is -0.0800. The molecule has 0 aromatic heterocycles. The minimum Gasteiger partial charge on any atom is -0.381 e. The molecule has 0 rings (SSSR count). The van der Waals surface area contributed by atoms with Gasteiger partial charge in [0.2, 0.25) is 0 Å². The SMILES string of the molecule is CCCCCOCCCCCCCCCCCCC[O]. The summed E-state index contributed by atoms with van der Waals surface area (Å²) in [4.78, 5) is 0. The standard InChI is InChI=1S/C18H37O2/c1-2-3-14-17-20-18-15-12-10-8-6-4-5-7-9-11-13-16-19/h2-18H2,1H3. The summed E-state index contributed by atoms with van der Waals surface area (Å²) in [6, 6.07) is 0. The van der Waals surface area contributed by atoms with Crippen LogP contribution in [0.2, 0.25) is 0 Å². The summed E-state index contributed by atoms with van der Waals surface area (Å²) in [6.07, 6.45) is 17.9. The first-order valence-electron chi connectivity index (χ1n) is 9.07. The Kier molecular flexibility index (Phi) is 18.8. The lowest BCUT2D eigenvalue weighted by Crippen LogP contribution is -1.96. The van der Waals surface area contributed by atoms with Crippen molar-refractivity contribution in [2.75, 3.05) is 19.8 Å². The van der Waals surface area contributed by atoms with Crippen molar-refractivity contribution in [3.05, 3.63) is 0 Å². The number of unbranched alkanes of at least 4 members (excludes halogenated alkanes) is 12. The van der Waals surface area contributed by atoms with Crippen LogP contribution in [0.15, 0.2) is 0 Å². The van der Waals surface area contributed by atoms with Gasteiger partial charge in [-0.05, 0) is 19.3 Å². The van der Waals surface area contributed by atoms with Crippen molar-refractivity contribution >= 4 is 0 Å². The second-order valence-electron chi connectivity index (χ2n) is 5.91. The average molecular weight is 285 g/mol. The van der Waals surface area contributed by atoms with Crippen LogP contribution in [-0.2, 0) is 9.84 Å². The molecule has 0 heterocycles. The van der Waals surface area contributed by atoms with Crippen molar-refractivity contribution < 1.29 is 9.84 Å². The Morgan fingerprint density at radius 2 is 0.950 bits per heavy atom. The highest BCUT2D eigenvalue weighted by atomic mass is 16.5. The molecule has 0 amide bonds. The number of rotatable bonds is 17. The van der Waals surface area contributed by atoms with E-state index < -0.39 is 0 Å². The Labute approximate surface area is 127 Å². The van der Waals surface area contributed by atoms with Gasteiger partial charge in [0, 0.05) is 13.2 Å². The van der Waals surface area contributed by atoms with Gasteiger partial charge in [0.05, 0.1) is 6.61 Å². The quantitative estimate of drug-likeness (QED) is 0.305. The van der Waals surface area contributed by atoms with E-state index in [1.165, 1.54) is 77.0 Å². The van der Waals surface area contributed by atoms with E-state index >= 15 is 0 Å². The van der Waals surface area contributed by atoms with Crippen molar-refractivity contribution in [2.45, 2.75) is 96.8 Å². The number of hydrogen-bond donors (Lipinski definition) is 0. The van der Waals surface area contributed by atoms with Crippen LogP contribution in [0.4, 0.5) is 0 Å². The van der Waals surface area contributed by atoms with Crippen LogP contribution in [0.3, 0.4) is 0 Å². The second kappa shape index (κ2) is 18.9. The van der Waals surface area contributed by atoms with Crippen molar-refractivity contribution in [3.63, 3.8) is 0 Å². The Balaban J connectivity index is 2.89. The predicted octanol–water partition coefficient (Wildman–Crippen LogP) is 5.91. The molecule has 0 aromatic carbocycles. The third-order valence-electron chi connectivity index (χ3n) is 3.83. The normalized spacial score (nSPS) is 11.1. The topological polar surface area (TPSA) is 29.1 Å². The van der Waals surface area contributed by atoms with Crippen LogP contribution < -0.4 is 0 Å². The molecule has 0 aliphatic heterocycles. The Bertz CT molecular complexity index is 141. The van der Waals surface area contributed by atoms with Gasteiger partial charge in [0.25, 0.3) is 0 Å². The molecule has 0 unspecified atom stereocenters. The first kappa shape index (κ1) is 19.9. The van der Waals surface area contributed by atoms with Gasteiger partial charge in [0.1, 0.15) is 0 Å². The van der Waals surface area contributed by atoms with Crippen LogP contribution in [0, 0.1) is 0 Å².